The fourth-order valence-electron chi connectivity index (χ4n) is 2.77. The molecule has 0 radical (unpaired) electrons. The van der Waals surface area contributed by atoms with Crippen molar-refractivity contribution in [3.8, 4) is 17.2 Å². The maximum absolute atomic E-state index is 12.4. The average Bonchev–Trinajstić information content (AvgIpc) is 3.35. The molecule has 1 N–H and O–H groups in total. The molecule has 4 rings (SSSR count). The molecule has 0 aliphatic carbocycles. The lowest BCUT2D eigenvalue weighted by Gasteiger charge is -2.14. The molecule has 1 aliphatic rings. The molecule has 2 heterocycles. The average molecular weight is 382 g/mol. The first-order chi connectivity index (χ1) is 13.2. The number of hydrogen-bond acceptors (Lipinski definition) is 6. The van der Waals surface area contributed by atoms with Crippen molar-refractivity contribution in [2.24, 2.45) is 0 Å². The van der Waals surface area contributed by atoms with Gasteiger partial charge in [-0.15, -0.1) is 10.2 Å². The van der Waals surface area contributed by atoms with Crippen LogP contribution in [0.3, 0.4) is 0 Å². The Morgan fingerprint density at radius 2 is 2.04 bits per heavy atom. The van der Waals surface area contributed by atoms with Crippen molar-refractivity contribution in [2.45, 2.75) is 18.1 Å². The van der Waals surface area contributed by atoms with E-state index in [1.54, 1.807) is 6.33 Å². The zero-order chi connectivity index (χ0) is 18.6. The van der Waals surface area contributed by atoms with Gasteiger partial charge in [-0.25, -0.2) is 0 Å². The fraction of sp³-hybridized carbons (Fsp3) is 0.211. The highest BCUT2D eigenvalue weighted by molar-refractivity contribution is 7.99. The SMILES string of the molecule is C[C@@H](NC(=O)CSc1nncn1-c1ccccc1)c1ccc2c(c1)OCO2. The predicted octanol–water partition coefficient (Wildman–Crippen LogP) is 2.97. The van der Waals surface area contributed by atoms with E-state index in [2.05, 4.69) is 15.5 Å². The lowest BCUT2D eigenvalue weighted by molar-refractivity contribution is -0.119. The number of hydrogen-bond donors (Lipinski definition) is 1. The molecule has 0 bridgehead atoms. The summed E-state index contributed by atoms with van der Waals surface area (Å²) >= 11 is 1.35. The van der Waals surface area contributed by atoms with Gasteiger partial charge in [0.2, 0.25) is 12.7 Å². The minimum absolute atomic E-state index is 0.0761. The summed E-state index contributed by atoms with van der Waals surface area (Å²) in [7, 11) is 0. The topological polar surface area (TPSA) is 78.3 Å². The molecule has 0 fully saturated rings. The van der Waals surface area contributed by atoms with Crippen molar-refractivity contribution in [3.05, 3.63) is 60.4 Å². The van der Waals surface area contributed by atoms with Gasteiger partial charge in [-0.1, -0.05) is 36.0 Å². The summed E-state index contributed by atoms with van der Waals surface area (Å²) in [6, 6.07) is 15.3. The highest BCUT2D eigenvalue weighted by Gasteiger charge is 2.17. The maximum Gasteiger partial charge on any atom is 0.231 e. The number of carbonyl (C=O) groups is 1. The molecule has 0 unspecified atom stereocenters. The number of nitrogens with one attached hydrogen (secondary N) is 1. The quantitative estimate of drug-likeness (QED) is 0.661. The molecule has 1 aromatic heterocycles. The predicted molar refractivity (Wildman–Crippen MR) is 101 cm³/mol. The number of rotatable bonds is 6. The standard InChI is InChI=1S/C19H18N4O3S/c1-13(14-7-8-16-17(9-14)26-12-25-16)21-18(24)10-27-19-22-20-11-23(19)15-5-3-2-4-6-15/h2-9,11,13H,10,12H2,1H3,(H,21,24)/t13-/m1/s1. The molecule has 0 saturated heterocycles. The van der Waals surface area contributed by atoms with Gasteiger partial charge in [0.1, 0.15) is 6.33 Å². The number of nitrogens with zero attached hydrogens (tertiary/aromatic N) is 3. The first-order valence-corrected chi connectivity index (χ1v) is 9.46. The second-order valence-electron chi connectivity index (χ2n) is 6.01. The Labute approximate surface area is 160 Å². The summed E-state index contributed by atoms with van der Waals surface area (Å²) in [6.07, 6.45) is 1.64. The number of aromatic nitrogens is 3. The third-order valence-corrected chi connectivity index (χ3v) is 5.10. The van der Waals surface area contributed by atoms with Crippen molar-refractivity contribution in [2.75, 3.05) is 12.5 Å². The van der Waals surface area contributed by atoms with Crippen LogP contribution in [-0.4, -0.2) is 33.2 Å². The Hall–Kier alpha value is -3.00. The lowest BCUT2D eigenvalue weighted by atomic mass is 10.1. The minimum Gasteiger partial charge on any atom is -0.454 e. The van der Waals surface area contributed by atoms with Gasteiger partial charge in [-0.3, -0.25) is 9.36 Å². The van der Waals surface area contributed by atoms with Gasteiger partial charge in [0.05, 0.1) is 11.8 Å². The molecule has 1 atom stereocenters. The Kier molecular flexibility index (Phi) is 4.97. The van der Waals surface area contributed by atoms with Crippen LogP contribution in [0.5, 0.6) is 11.5 Å². The largest absolute Gasteiger partial charge is 0.454 e. The second-order valence-corrected chi connectivity index (χ2v) is 6.95. The molecule has 7 nitrogen and oxygen atoms in total. The maximum atomic E-state index is 12.4. The van der Waals surface area contributed by atoms with Crippen molar-refractivity contribution in [3.63, 3.8) is 0 Å². The highest BCUT2D eigenvalue weighted by Crippen LogP contribution is 2.34. The first kappa shape index (κ1) is 17.4. The van der Waals surface area contributed by atoms with E-state index in [9.17, 15) is 4.79 Å². The van der Waals surface area contributed by atoms with E-state index >= 15 is 0 Å². The number of thioether (sulfide) groups is 1. The van der Waals surface area contributed by atoms with E-state index in [0.29, 0.717) is 10.9 Å². The van der Waals surface area contributed by atoms with Crippen LogP contribution in [0.4, 0.5) is 0 Å². The molecular formula is C19H18N4O3S. The molecule has 8 heteroatoms. The van der Waals surface area contributed by atoms with Gasteiger partial charge in [0.15, 0.2) is 16.7 Å². The molecule has 0 saturated carbocycles. The second kappa shape index (κ2) is 7.71. The summed E-state index contributed by atoms with van der Waals surface area (Å²) in [6.45, 7) is 2.17. The Morgan fingerprint density at radius 1 is 1.22 bits per heavy atom. The van der Waals surface area contributed by atoms with E-state index in [-0.39, 0.29) is 24.5 Å². The van der Waals surface area contributed by atoms with Gasteiger partial charge in [-0.2, -0.15) is 0 Å². The Balaban J connectivity index is 1.36. The summed E-state index contributed by atoms with van der Waals surface area (Å²) in [4.78, 5) is 12.4. The zero-order valence-corrected chi connectivity index (χ0v) is 15.5. The van der Waals surface area contributed by atoms with Crippen LogP contribution in [-0.2, 0) is 4.79 Å². The van der Waals surface area contributed by atoms with Crippen LogP contribution < -0.4 is 14.8 Å². The van der Waals surface area contributed by atoms with Gasteiger partial charge in [-0.05, 0) is 36.8 Å². The summed E-state index contributed by atoms with van der Waals surface area (Å²) in [5.74, 6) is 1.61. The molecule has 1 amide bonds. The third-order valence-electron chi connectivity index (χ3n) is 4.16. The van der Waals surface area contributed by atoms with Crippen LogP contribution in [0, 0.1) is 0 Å². The highest BCUT2D eigenvalue weighted by atomic mass is 32.2. The molecule has 0 spiro atoms. The number of amides is 1. The zero-order valence-electron chi connectivity index (χ0n) is 14.7. The minimum atomic E-state index is -0.139. The normalized spacial score (nSPS) is 13.4. The van der Waals surface area contributed by atoms with Gasteiger partial charge < -0.3 is 14.8 Å². The van der Waals surface area contributed by atoms with Crippen LogP contribution in [0.1, 0.15) is 18.5 Å². The Morgan fingerprint density at radius 3 is 2.89 bits per heavy atom. The molecule has 1 aliphatic heterocycles. The molecule has 3 aromatic rings. The molecular weight excluding hydrogens is 364 g/mol. The smallest absolute Gasteiger partial charge is 0.231 e. The van der Waals surface area contributed by atoms with E-state index in [0.717, 1.165) is 17.0 Å². The number of carbonyl (C=O) groups excluding carboxylic acids is 1. The van der Waals surface area contributed by atoms with Crippen molar-refractivity contribution >= 4 is 17.7 Å². The molecule has 27 heavy (non-hydrogen) atoms. The van der Waals surface area contributed by atoms with Crippen molar-refractivity contribution in [1.82, 2.24) is 20.1 Å². The summed E-state index contributed by atoms with van der Waals surface area (Å²) < 4.78 is 12.6. The fourth-order valence-corrected chi connectivity index (χ4v) is 3.51. The van der Waals surface area contributed by atoms with Crippen LogP contribution in [0.25, 0.3) is 5.69 Å². The number of benzene rings is 2. The van der Waals surface area contributed by atoms with E-state index < -0.39 is 0 Å². The van der Waals surface area contributed by atoms with E-state index in [4.69, 9.17) is 9.47 Å². The number of ether oxygens (including phenoxy) is 2. The third kappa shape index (κ3) is 3.90. The summed E-state index contributed by atoms with van der Waals surface area (Å²) in [5, 5.41) is 11.7. The van der Waals surface area contributed by atoms with E-state index in [1.165, 1.54) is 11.8 Å². The summed E-state index contributed by atoms with van der Waals surface area (Å²) in [5.41, 5.74) is 1.92. The van der Waals surface area contributed by atoms with Crippen molar-refractivity contribution in [1.29, 1.82) is 0 Å². The van der Waals surface area contributed by atoms with E-state index in [1.807, 2.05) is 60.0 Å². The van der Waals surface area contributed by atoms with Gasteiger partial charge >= 0.3 is 0 Å². The van der Waals surface area contributed by atoms with Crippen molar-refractivity contribution < 1.29 is 14.3 Å². The van der Waals surface area contributed by atoms with Crippen LogP contribution in [0.15, 0.2) is 60.0 Å². The lowest BCUT2D eigenvalue weighted by Crippen LogP contribution is -2.28. The van der Waals surface area contributed by atoms with Crippen LogP contribution in [0.2, 0.25) is 0 Å². The number of para-hydroxylation sites is 1. The van der Waals surface area contributed by atoms with Gasteiger partial charge in [0.25, 0.3) is 0 Å². The number of fused-ring (bicyclic) bond motifs is 1. The molecule has 2 aromatic carbocycles. The first-order valence-electron chi connectivity index (χ1n) is 8.48. The Bertz CT molecular complexity index is 945. The molecule has 138 valence electrons. The monoisotopic (exact) mass is 382 g/mol. The van der Waals surface area contributed by atoms with Gasteiger partial charge in [0, 0.05) is 5.69 Å². The van der Waals surface area contributed by atoms with Crippen LogP contribution >= 0.6 is 11.8 Å².